The number of rotatable bonds is 77. The summed E-state index contributed by atoms with van der Waals surface area (Å²) in [5.41, 5.74) is 0.980. The molecule has 55 heteroatoms. The van der Waals surface area contributed by atoms with Crippen LogP contribution in [-0.4, -0.2) is 428 Å². The molecule has 2 fully saturated rings. The molecule has 2 aromatic heterocycles. The molecule has 6 amide bonds. The molecule has 13 atom stereocenters. The van der Waals surface area contributed by atoms with Gasteiger partial charge in [0.25, 0.3) is 11.6 Å². The van der Waals surface area contributed by atoms with E-state index in [9.17, 15) is 116 Å². The highest BCUT2D eigenvalue weighted by Gasteiger charge is 2.57. The first-order valence-corrected chi connectivity index (χ1v) is 43.2. The molecule has 0 bridgehead atoms. The lowest BCUT2D eigenvalue weighted by molar-refractivity contribution is -0.313. The lowest BCUT2D eigenvalue weighted by atomic mass is 9.88. The number of nitrogens with one attached hydrogen (secondary N) is 6. The van der Waals surface area contributed by atoms with Gasteiger partial charge in [-0.05, 0) is 38.5 Å². The van der Waals surface area contributed by atoms with Gasteiger partial charge in [0.2, 0.25) is 70.3 Å². The fraction of sp³-hybridized carbons (Fsp3) is 0.759. The van der Waals surface area contributed by atoms with Gasteiger partial charge in [-0.1, -0.05) is 10.4 Å². The number of benzene rings is 1. The fourth-order valence-electron chi connectivity index (χ4n) is 12.5. The van der Waals surface area contributed by atoms with E-state index in [2.05, 4.69) is 57.3 Å². The molecule has 5 rings (SSSR count). The van der Waals surface area contributed by atoms with Crippen molar-refractivity contribution in [3.05, 3.63) is 52.9 Å². The van der Waals surface area contributed by atoms with E-state index >= 15 is 0 Å². The first kappa shape index (κ1) is 116. The van der Waals surface area contributed by atoms with Gasteiger partial charge in [-0.15, -0.1) is 10.2 Å². The molecule has 2 saturated heterocycles. The molecule has 2 aliphatic rings. The predicted molar refractivity (Wildman–Crippen MR) is 436 cm³/mol. The molecule has 0 saturated carbocycles. The Bertz CT molecular complexity index is 3890. The van der Waals surface area contributed by atoms with E-state index in [0.717, 1.165) is 0 Å². The molecule has 1 aromatic carbocycles. The molecule has 0 unspecified atom stereocenters. The first-order chi connectivity index (χ1) is 64.4. The molecule has 764 valence electrons. The number of esters is 1. The molecule has 4 heterocycles. The zero-order chi connectivity index (χ0) is 98.1. The second kappa shape index (κ2) is 66.0. The molecule has 18 N–H and O–H groups in total. The zero-order valence-electron chi connectivity index (χ0n) is 73.8. The number of carboxylic acid groups (broad SMARTS) is 2. The molecule has 0 radical (unpaired) electrons. The van der Waals surface area contributed by atoms with Crippen molar-refractivity contribution in [3.63, 3.8) is 0 Å². The van der Waals surface area contributed by atoms with Crippen LogP contribution in [0.1, 0.15) is 88.4 Å². The summed E-state index contributed by atoms with van der Waals surface area (Å²) in [4.78, 5) is 112. The number of carbonyl (C=O) groups is 9. The Morgan fingerprint density at radius 3 is 1.24 bits per heavy atom. The maximum absolute atomic E-state index is 13.8. The van der Waals surface area contributed by atoms with E-state index in [4.69, 9.17) is 86.0 Å². The van der Waals surface area contributed by atoms with Crippen molar-refractivity contribution < 1.29 is 207 Å². The SMILES string of the molecule is O=C(CCOCCOCCn1cc(COCCOCCO[C@]2(C(=O)O)C[C@H](O)[C@@H](NC(=O)CO)[C@H]([C@H](O)[C@H](O)CO)O2)nn1)NCCCC[C@H](NC(=O)CCCNC(=O)CCOCCOCCn1cc(COCCOCCO[C@]2(C(=O)O)C[C@H](O)[C@@H](NC(=O)CO)[C@H]([C@H](O)[C@H](O)CO)O2)nn1)C(=O)NCCOCCOCCOCCOCCCCC(=O)Oc1c(F)c(F)c(F)c(F)c1F. The van der Waals surface area contributed by atoms with Crippen molar-refractivity contribution in [2.24, 2.45) is 0 Å². The standard InChI is InChI=1S/C79H125F5N12O38/c80-63-64(81)66(83)72(67(84)65(63)82)132-62(110)8-2-4-16-118-22-28-124-30-31-125-29-25-121-19-13-87-75(113)52(6-1-3-11-85-57(105)9-17-119-23-26-122-20-14-95-42-50(91-93-95)48-128-34-32-126-36-38-130-78(76(114)115)40-53(101)68(89-60(108)46-99)73(133-78)70(111)55(103)44-97)88-59(107)7-5-12-86-58(106)10-18-120-24-27-123-21-15-96-43-51(92-94-96)49-129-35-33-127-37-39-131-79(77(116)117)41-54(102)69(90-61(109)47-100)74(134-79)71(112)56(104)45-98/h42-43,52-56,68-71,73-74,97-104,111-112H,1-41,44-49H2,(H,85,105)(H,86,106)(H,87,113)(H,88,107)(H,89,108)(H,90,109)(H,114,115)(H,116,117)/t52-,53-,54-,55+,56+,68+,69+,70+,71+,73+,74+,78+,79+/m0/s1. The molecule has 2 aliphatic heterocycles. The van der Waals surface area contributed by atoms with Crippen LogP contribution in [0.4, 0.5) is 22.0 Å². The monoisotopic (exact) mass is 1940 g/mol. The van der Waals surface area contributed by atoms with Crippen LogP contribution < -0.4 is 36.6 Å². The van der Waals surface area contributed by atoms with Gasteiger partial charge in [0, 0.05) is 64.8 Å². The third-order valence-electron chi connectivity index (χ3n) is 19.5. The maximum Gasteiger partial charge on any atom is 0.364 e. The third-order valence-corrected chi connectivity index (χ3v) is 19.5. The summed E-state index contributed by atoms with van der Waals surface area (Å²) in [6.45, 7) is -0.806. The van der Waals surface area contributed by atoms with E-state index in [-0.39, 0.29) is 235 Å². The van der Waals surface area contributed by atoms with Crippen molar-refractivity contribution in [2.45, 2.75) is 182 Å². The van der Waals surface area contributed by atoms with Gasteiger partial charge in [-0.3, -0.25) is 33.6 Å². The van der Waals surface area contributed by atoms with Crippen molar-refractivity contribution in [2.75, 3.05) is 205 Å². The number of aliphatic hydroxyl groups excluding tert-OH is 10. The number of ether oxygens (including phenoxy) is 17. The Morgan fingerprint density at radius 2 is 0.813 bits per heavy atom. The van der Waals surface area contributed by atoms with Gasteiger partial charge in [0.05, 0.1) is 228 Å². The highest BCUT2D eigenvalue weighted by molar-refractivity contribution is 5.87. The van der Waals surface area contributed by atoms with Gasteiger partial charge in [0.15, 0.2) is 0 Å². The van der Waals surface area contributed by atoms with E-state index in [0.29, 0.717) is 43.7 Å². The van der Waals surface area contributed by atoms with Gasteiger partial charge in [-0.25, -0.2) is 32.1 Å². The summed E-state index contributed by atoms with van der Waals surface area (Å²) in [5, 5.41) is 151. The van der Waals surface area contributed by atoms with Crippen LogP contribution >= 0.6 is 0 Å². The van der Waals surface area contributed by atoms with Gasteiger partial charge < -0.3 is 174 Å². The number of halogens is 5. The lowest BCUT2D eigenvalue weighted by Gasteiger charge is -2.46. The molecule has 0 aliphatic carbocycles. The number of amides is 6. The Kier molecular flexibility index (Phi) is 57.0. The second-order valence-corrected chi connectivity index (χ2v) is 29.7. The van der Waals surface area contributed by atoms with Crippen molar-refractivity contribution in [3.8, 4) is 5.75 Å². The number of carbonyl (C=O) groups excluding carboxylic acids is 7. The summed E-state index contributed by atoms with van der Waals surface area (Å²) >= 11 is 0. The number of aliphatic hydroxyl groups is 10. The summed E-state index contributed by atoms with van der Waals surface area (Å²) in [5.74, 6) is -26.3. The minimum atomic E-state index is -2.56. The smallest absolute Gasteiger partial charge is 0.364 e. The van der Waals surface area contributed by atoms with Crippen LogP contribution in [0.2, 0.25) is 0 Å². The third kappa shape index (κ3) is 43.4. The molecular formula is C79H125F5N12O38. The Balaban J connectivity index is 0.903. The van der Waals surface area contributed by atoms with Crippen LogP contribution in [0.25, 0.3) is 0 Å². The molecule has 134 heavy (non-hydrogen) atoms. The van der Waals surface area contributed by atoms with E-state index in [1.54, 1.807) is 12.4 Å². The topological polar surface area (TPSA) is 687 Å². The van der Waals surface area contributed by atoms with Crippen LogP contribution in [0.3, 0.4) is 0 Å². The van der Waals surface area contributed by atoms with Crippen LogP contribution in [0.15, 0.2) is 12.4 Å². The second-order valence-electron chi connectivity index (χ2n) is 29.7. The summed E-state index contributed by atoms with van der Waals surface area (Å²) < 4.78 is 163. The lowest BCUT2D eigenvalue weighted by Crippen LogP contribution is -2.68. The van der Waals surface area contributed by atoms with E-state index in [1.807, 2.05) is 0 Å². The molecule has 3 aromatic rings. The van der Waals surface area contributed by atoms with Crippen LogP contribution in [-0.2, 0) is 145 Å². The summed E-state index contributed by atoms with van der Waals surface area (Å²) in [7, 11) is 0. The Morgan fingerprint density at radius 1 is 0.425 bits per heavy atom. The number of unbranched alkanes of at least 4 members (excludes halogenated alkanes) is 2. The van der Waals surface area contributed by atoms with Gasteiger partial charge in [-0.2, -0.15) is 8.78 Å². The van der Waals surface area contributed by atoms with E-state index < -0.39 is 207 Å². The van der Waals surface area contributed by atoms with Gasteiger partial charge in [0.1, 0.15) is 67.3 Å². The fourth-order valence-corrected chi connectivity index (χ4v) is 12.5. The predicted octanol–water partition coefficient (Wildman–Crippen LogP) is -6.92. The number of hydrogen-bond acceptors (Lipinski definition) is 40. The Hall–Kier alpha value is -8.66. The molecular weight excluding hydrogens is 1820 g/mol. The highest BCUT2D eigenvalue weighted by atomic mass is 19.2. The number of nitrogens with zero attached hydrogens (tertiary/aromatic N) is 6. The molecule has 0 spiro atoms. The average molecular weight is 1950 g/mol. The highest BCUT2D eigenvalue weighted by Crippen LogP contribution is 2.36. The van der Waals surface area contributed by atoms with Crippen LogP contribution in [0.5, 0.6) is 5.75 Å². The largest absolute Gasteiger partial charge is 0.477 e. The first-order valence-electron chi connectivity index (χ1n) is 43.2. The number of aromatic nitrogens is 6. The summed E-state index contributed by atoms with van der Waals surface area (Å²) in [6, 6.07) is -3.96. The number of aliphatic carboxylic acids is 2. The average Bonchev–Trinajstić information content (AvgIpc) is 0.989. The van der Waals surface area contributed by atoms with Crippen molar-refractivity contribution in [1.82, 2.24) is 61.9 Å². The van der Waals surface area contributed by atoms with E-state index in [1.165, 1.54) is 9.36 Å². The minimum Gasteiger partial charge on any atom is -0.477 e. The van der Waals surface area contributed by atoms with Crippen molar-refractivity contribution >= 4 is 53.4 Å². The summed E-state index contributed by atoms with van der Waals surface area (Å²) in [6.07, 6.45) is -11.5. The van der Waals surface area contributed by atoms with Crippen LogP contribution in [0, 0.1) is 29.1 Å². The van der Waals surface area contributed by atoms with Gasteiger partial charge >= 0.3 is 17.9 Å². The number of carboxylic acids is 2. The molecule has 50 nitrogen and oxygen atoms in total. The maximum atomic E-state index is 13.8. The quantitative estimate of drug-likeness (QED) is 0.00624. The zero-order valence-corrected chi connectivity index (χ0v) is 73.8. The normalized spacial score (nSPS) is 19.5. The van der Waals surface area contributed by atoms with Crippen molar-refractivity contribution in [1.29, 1.82) is 0 Å². The minimum absolute atomic E-state index is 0.0215. The number of hydrogen-bond donors (Lipinski definition) is 18. The Labute approximate surface area is 764 Å².